The molecule has 0 heterocycles. The highest BCUT2D eigenvalue weighted by atomic mass is 16.5. The molecule has 27 heavy (non-hydrogen) atoms. The number of rotatable bonds is 16. The van der Waals surface area contributed by atoms with Crippen LogP contribution in [0.1, 0.15) is 80.1 Å². The highest BCUT2D eigenvalue weighted by Crippen LogP contribution is 2.03. The van der Waals surface area contributed by atoms with Gasteiger partial charge in [-0.05, 0) is 33.1 Å². The van der Waals surface area contributed by atoms with Crippen molar-refractivity contribution in [1.82, 2.24) is 16.0 Å². The molecule has 0 saturated heterocycles. The number of hydrogen-bond acceptors (Lipinski definition) is 4. The molecule has 1 atom stereocenters. The van der Waals surface area contributed by atoms with Gasteiger partial charge in [0.1, 0.15) is 0 Å². The Bertz CT molecular complexity index is 398. The fourth-order valence-electron chi connectivity index (χ4n) is 2.71. The lowest BCUT2D eigenvalue weighted by Crippen LogP contribution is -2.42. The van der Waals surface area contributed by atoms with Crippen molar-refractivity contribution in [3.8, 4) is 0 Å². The van der Waals surface area contributed by atoms with Gasteiger partial charge in [0.2, 0.25) is 11.8 Å². The van der Waals surface area contributed by atoms with Gasteiger partial charge < -0.3 is 20.7 Å². The predicted octanol–water partition coefficient (Wildman–Crippen LogP) is 3.01. The van der Waals surface area contributed by atoms with E-state index in [1.807, 2.05) is 13.8 Å². The standard InChI is InChI=1S/C21H43N3O3/c1-16(2)21(26)23-13-11-19(24-17(3)4)15-20(25)22-12-9-7-8-10-14-27-18(5)6/h16-19,24H,7-15H2,1-6H3,(H,22,25)(H,23,26). The maximum absolute atomic E-state index is 12.2. The van der Waals surface area contributed by atoms with Gasteiger partial charge in [-0.3, -0.25) is 9.59 Å². The van der Waals surface area contributed by atoms with Crippen LogP contribution in [0.2, 0.25) is 0 Å². The molecule has 0 aromatic carbocycles. The smallest absolute Gasteiger partial charge is 0.222 e. The lowest BCUT2D eigenvalue weighted by Gasteiger charge is -2.21. The van der Waals surface area contributed by atoms with Gasteiger partial charge in [-0.1, -0.05) is 40.5 Å². The highest BCUT2D eigenvalue weighted by Gasteiger charge is 2.15. The molecule has 3 N–H and O–H groups in total. The Kier molecular flexibility index (Phi) is 15.2. The lowest BCUT2D eigenvalue weighted by molar-refractivity contribution is -0.124. The Hall–Kier alpha value is -1.14. The molecular weight excluding hydrogens is 342 g/mol. The molecule has 0 aliphatic rings. The Balaban J connectivity index is 3.92. The third kappa shape index (κ3) is 16.7. The molecule has 0 spiro atoms. The van der Waals surface area contributed by atoms with Gasteiger partial charge in [0.05, 0.1) is 6.10 Å². The van der Waals surface area contributed by atoms with Gasteiger partial charge in [0, 0.05) is 44.1 Å². The van der Waals surface area contributed by atoms with E-state index in [1.54, 1.807) is 0 Å². The predicted molar refractivity (Wildman–Crippen MR) is 112 cm³/mol. The molecule has 1 unspecified atom stereocenters. The summed E-state index contributed by atoms with van der Waals surface area (Å²) < 4.78 is 5.52. The molecule has 0 aromatic heterocycles. The van der Waals surface area contributed by atoms with Gasteiger partial charge in [0.15, 0.2) is 0 Å². The fourth-order valence-corrected chi connectivity index (χ4v) is 2.71. The molecule has 160 valence electrons. The Labute approximate surface area is 166 Å². The summed E-state index contributed by atoms with van der Waals surface area (Å²) in [5, 5.41) is 9.36. The number of unbranched alkanes of at least 4 members (excludes halogenated alkanes) is 3. The van der Waals surface area contributed by atoms with Crippen molar-refractivity contribution in [2.45, 2.75) is 98.3 Å². The van der Waals surface area contributed by atoms with Crippen molar-refractivity contribution in [1.29, 1.82) is 0 Å². The largest absolute Gasteiger partial charge is 0.379 e. The van der Waals surface area contributed by atoms with Crippen LogP contribution in [0.15, 0.2) is 0 Å². The Morgan fingerprint density at radius 3 is 2.11 bits per heavy atom. The van der Waals surface area contributed by atoms with Crippen LogP contribution in [-0.2, 0) is 14.3 Å². The molecule has 0 aliphatic carbocycles. The van der Waals surface area contributed by atoms with E-state index < -0.39 is 0 Å². The molecule has 6 nitrogen and oxygen atoms in total. The Morgan fingerprint density at radius 1 is 0.852 bits per heavy atom. The minimum atomic E-state index is -0.0123. The topological polar surface area (TPSA) is 79.5 Å². The molecule has 0 fully saturated rings. The van der Waals surface area contributed by atoms with Crippen LogP contribution >= 0.6 is 0 Å². The van der Waals surface area contributed by atoms with Crippen molar-refractivity contribution >= 4 is 11.8 Å². The summed E-state index contributed by atoms with van der Waals surface area (Å²) in [6.45, 7) is 14.1. The summed E-state index contributed by atoms with van der Waals surface area (Å²) in [6, 6.07) is 0.377. The Morgan fingerprint density at radius 2 is 1.52 bits per heavy atom. The summed E-state index contributed by atoms with van der Waals surface area (Å²) in [6.07, 6.45) is 5.81. The number of carbonyl (C=O) groups excluding carboxylic acids is 2. The van der Waals surface area contributed by atoms with E-state index >= 15 is 0 Å². The molecule has 2 amide bonds. The molecular formula is C21H43N3O3. The summed E-state index contributed by atoms with van der Waals surface area (Å²) in [4.78, 5) is 23.8. The summed E-state index contributed by atoms with van der Waals surface area (Å²) in [5.74, 6) is 0.120. The van der Waals surface area contributed by atoms with Gasteiger partial charge in [0.25, 0.3) is 0 Å². The third-order valence-corrected chi connectivity index (χ3v) is 4.16. The second-order valence-electron chi connectivity index (χ2n) is 8.14. The zero-order valence-corrected chi connectivity index (χ0v) is 18.4. The van der Waals surface area contributed by atoms with Crippen LogP contribution in [0.4, 0.5) is 0 Å². The molecule has 0 radical (unpaired) electrons. The molecule has 0 bridgehead atoms. The van der Waals surface area contributed by atoms with Crippen molar-refractivity contribution in [2.24, 2.45) is 5.92 Å². The summed E-state index contributed by atoms with van der Waals surface area (Å²) >= 11 is 0. The van der Waals surface area contributed by atoms with Crippen LogP contribution in [0.5, 0.6) is 0 Å². The molecule has 0 rings (SSSR count). The van der Waals surface area contributed by atoms with E-state index in [2.05, 4.69) is 43.6 Å². The summed E-state index contributed by atoms with van der Waals surface area (Å²) in [7, 11) is 0. The zero-order chi connectivity index (χ0) is 20.7. The second kappa shape index (κ2) is 15.9. The molecule has 0 aromatic rings. The van der Waals surface area contributed by atoms with E-state index in [4.69, 9.17) is 4.74 Å². The van der Waals surface area contributed by atoms with Crippen LogP contribution < -0.4 is 16.0 Å². The van der Waals surface area contributed by atoms with Gasteiger partial charge in [-0.2, -0.15) is 0 Å². The van der Waals surface area contributed by atoms with E-state index in [0.29, 0.717) is 25.1 Å². The van der Waals surface area contributed by atoms with Crippen LogP contribution in [0, 0.1) is 5.92 Å². The number of nitrogens with one attached hydrogen (secondary N) is 3. The highest BCUT2D eigenvalue weighted by molar-refractivity contribution is 5.78. The average Bonchev–Trinajstić information content (AvgIpc) is 2.56. The van der Waals surface area contributed by atoms with E-state index in [9.17, 15) is 9.59 Å². The first-order valence-electron chi connectivity index (χ1n) is 10.6. The first kappa shape index (κ1) is 25.9. The second-order valence-corrected chi connectivity index (χ2v) is 8.14. The summed E-state index contributed by atoms with van der Waals surface area (Å²) in [5.41, 5.74) is 0. The van der Waals surface area contributed by atoms with Crippen LogP contribution in [0.25, 0.3) is 0 Å². The number of amides is 2. The SMILES string of the molecule is CC(C)NC(CCNC(=O)C(C)C)CC(=O)NCCCCCCOC(C)C. The number of carbonyl (C=O) groups is 2. The molecule has 0 aliphatic heterocycles. The van der Waals surface area contributed by atoms with Crippen molar-refractivity contribution < 1.29 is 14.3 Å². The molecule has 0 saturated carbocycles. The van der Waals surface area contributed by atoms with E-state index in [0.717, 1.165) is 45.3 Å². The minimum Gasteiger partial charge on any atom is -0.379 e. The number of ether oxygens (including phenoxy) is 1. The quantitative estimate of drug-likeness (QED) is 0.357. The first-order valence-corrected chi connectivity index (χ1v) is 10.6. The van der Waals surface area contributed by atoms with Gasteiger partial charge >= 0.3 is 0 Å². The van der Waals surface area contributed by atoms with Crippen LogP contribution in [0.3, 0.4) is 0 Å². The molecule has 6 heteroatoms. The first-order chi connectivity index (χ1) is 12.7. The maximum atomic E-state index is 12.2. The third-order valence-electron chi connectivity index (χ3n) is 4.16. The number of hydrogen-bond donors (Lipinski definition) is 3. The van der Waals surface area contributed by atoms with Crippen molar-refractivity contribution in [3.63, 3.8) is 0 Å². The lowest BCUT2D eigenvalue weighted by atomic mass is 10.1. The van der Waals surface area contributed by atoms with Crippen molar-refractivity contribution in [3.05, 3.63) is 0 Å². The van der Waals surface area contributed by atoms with Gasteiger partial charge in [-0.25, -0.2) is 0 Å². The average molecular weight is 386 g/mol. The minimum absolute atomic E-state index is 0.0123. The van der Waals surface area contributed by atoms with Gasteiger partial charge in [-0.15, -0.1) is 0 Å². The van der Waals surface area contributed by atoms with Crippen molar-refractivity contribution in [2.75, 3.05) is 19.7 Å². The van der Waals surface area contributed by atoms with Crippen LogP contribution in [-0.4, -0.2) is 49.7 Å². The fraction of sp³-hybridized carbons (Fsp3) is 0.905. The maximum Gasteiger partial charge on any atom is 0.222 e. The van der Waals surface area contributed by atoms with E-state index in [1.165, 1.54) is 0 Å². The normalized spacial score (nSPS) is 12.6. The zero-order valence-electron chi connectivity index (χ0n) is 18.4. The van der Waals surface area contributed by atoms with E-state index in [-0.39, 0.29) is 23.8 Å². The monoisotopic (exact) mass is 385 g/mol.